The lowest BCUT2D eigenvalue weighted by atomic mass is 9.82. The van der Waals surface area contributed by atoms with Crippen molar-refractivity contribution in [1.82, 2.24) is 0 Å². The molecule has 0 aliphatic heterocycles. The number of fused-ring (bicyclic) bond motifs is 5. The Kier molecular flexibility index (Phi) is 9.00. The smallest absolute Gasteiger partial charge is 0.0618 e. The first kappa shape index (κ1) is 36.4. The number of hydrogen-bond acceptors (Lipinski definition) is 1. The van der Waals surface area contributed by atoms with E-state index in [1.165, 1.54) is 121 Å². The minimum absolute atomic E-state index is 0.149. The molecule has 9 aromatic rings. The first-order chi connectivity index (χ1) is 29.5. The molecule has 1 heteroatoms. The summed E-state index contributed by atoms with van der Waals surface area (Å²) < 4.78 is 0. The SMILES string of the molecule is CC1(C)c2ccccc2-c2ccc(N(c3ccc(-c4ccc(C5CCCCC5)cc4)cc3-c3ccccc3)c3c(-c4ccc5ccccc5c4)ccc4ccccc34)cc21. The van der Waals surface area contributed by atoms with Crippen molar-refractivity contribution in [3.63, 3.8) is 0 Å². The molecule has 1 fully saturated rings. The summed E-state index contributed by atoms with van der Waals surface area (Å²) in [6.45, 7) is 4.77. The zero-order chi connectivity index (χ0) is 40.2. The van der Waals surface area contributed by atoms with Gasteiger partial charge < -0.3 is 4.90 Å². The molecule has 0 bridgehead atoms. The van der Waals surface area contributed by atoms with Gasteiger partial charge in [0.15, 0.2) is 0 Å². The molecule has 0 saturated heterocycles. The van der Waals surface area contributed by atoms with Gasteiger partial charge in [0.1, 0.15) is 0 Å². The predicted octanol–water partition coefficient (Wildman–Crippen LogP) is 16.8. The van der Waals surface area contributed by atoms with Gasteiger partial charge in [-0.3, -0.25) is 0 Å². The van der Waals surface area contributed by atoms with Crippen molar-refractivity contribution in [2.45, 2.75) is 57.3 Å². The van der Waals surface area contributed by atoms with Crippen molar-refractivity contribution in [3.05, 3.63) is 211 Å². The van der Waals surface area contributed by atoms with Gasteiger partial charge in [0.05, 0.1) is 11.4 Å². The molecule has 9 aromatic carbocycles. The summed E-state index contributed by atoms with van der Waals surface area (Å²) in [6, 6.07) is 73.0. The molecule has 2 aliphatic carbocycles. The first-order valence-electron chi connectivity index (χ1n) is 21.9. The molecule has 60 heavy (non-hydrogen) atoms. The molecule has 290 valence electrons. The molecule has 0 spiro atoms. The van der Waals surface area contributed by atoms with Crippen LogP contribution in [0, 0.1) is 0 Å². The molecule has 0 radical (unpaired) electrons. The van der Waals surface area contributed by atoms with Gasteiger partial charge in [0.2, 0.25) is 0 Å². The van der Waals surface area contributed by atoms with Gasteiger partial charge in [-0.25, -0.2) is 0 Å². The van der Waals surface area contributed by atoms with E-state index in [1.807, 2.05) is 0 Å². The van der Waals surface area contributed by atoms with Crippen molar-refractivity contribution in [2.75, 3.05) is 4.90 Å². The summed E-state index contributed by atoms with van der Waals surface area (Å²) >= 11 is 0. The summed E-state index contributed by atoms with van der Waals surface area (Å²) in [5.41, 5.74) is 17.5. The van der Waals surface area contributed by atoms with E-state index in [2.05, 4.69) is 213 Å². The van der Waals surface area contributed by atoms with Crippen molar-refractivity contribution in [3.8, 4) is 44.5 Å². The second kappa shape index (κ2) is 14.8. The van der Waals surface area contributed by atoms with Crippen molar-refractivity contribution >= 4 is 38.6 Å². The average molecular weight is 772 g/mol. The van der Waals surface area contributed by atoms with E-state index in [1.54, 1.807) is 0 Å². The maximum absolute atomic E-state index is 2.57. The summed E-state index contributed by atoms with van der Waals surface area (Å²) in [4.78, 5) is 2.57. The first-order valence-corrected chi connectivity index (χ1v) is 21.9. The van der Waals surface area contributed by atoms with E-state index in [0.717, 1.165) is 11.4 Å². The Hall–Kier alpha value is -6.70. The van der Waals surface area contributed by atoms with Gasteiger partial charge >= 0.3 is 0 Å². The van der Waals surface area contributed by atoms with Crippen LogP contribution in [0.5, 0.6) is 0 Å². The highest BCUT2D eigenvalue weighted by molar-refractivity contribution is 6.08. The fraction of sp³-hybridized carbons (Fsp3) is 0.153. The van der Waals surface area contributed by atoms with E-state index >= 15 is 0 Å². The maximum Gasteiger partial charge on any atom is 0.0618 e. The van der Waals surface area contributed by atoms with Crippen LogP contribution < -0.4 is 4.90 Å². The van der Waals surface area contributed by atoms with Crippen LogP contribution in [0.1, 0.15) is 68.6 Å². The number of rotatable bonds is 7. The topological polar surface area (TPSA) is 3.24 Å². The molecular formula is C59H49N. The molecule has 1 saturated carbocycles. The lowest BCUT2D eigenvalue weighted by Crippen LogP contribution is -2.17. The highest BCUT2D eigenvalue weighted by Crippen LogP contribution is 2.53. The van der Waals surface area contributed by atoms with Crippen LogP contribution in [0.15, 0.2) is 194 Å². The molecule has 11 rings (SSSR count). The maximum atomic E-state index is 2.57. The number of hydrogen-bond donors (Lipinski definition) is 0. The van der Waals surface area contributed by atoms with Crippen LogP contribution in [0.2, 0.25) is 0 Å². The Morgan fingerprint density at radius 1 is 0.417 bits per heavy atom. The zero-order valence-electron chi connectivity index (χ0n) is 34.5. The standard InChI is InChI=1S/C59H49N/c1-59(2)55-24-14-13-23-52(55)53-35-33-49(39-56(53)59)60(58-50-22-12-11-20-45(50)31-34-51(58)48-30-29-41-17-9-10-21-46(41)37-48)57-36-32-47(38-54(57)44-18-7-4-8-19-44)43-27-25-42(26-28-43)40-15-5-3-6-16-40/h4,7-14,17-40H,3,5-6,15-16H2,1-2H3. The second-order valence-corrected chi connectivity index (χ2v) is 17.5. The third-order valence-electron chi connectivity index (χ3n) is 13.7. The monoisotopic (exact) mass is 771 g/mol. The molecule has 0 unspecified atom stereocenters. The Balaban J connectivity index is 1.17. The molecule has 1 nitrogen and oxygen atoms in total. The van der Waals surface area contributed by atoms with Crippen molar-refractivity contribution < 1.29 is 0 Å². The van der Waals surface area contributed by atoms with Crippen LogP contribution in [-0.4, -0.2) is 0 Å². The van der Waals surface area contributed by atoms with Crippen LogP contribution >= 0.6 is 0 Å². The third-order valence-corrected chi connectivity index (χ3v) is 13.7. The number of anilines is 3. The van der Waals surface area contributed by atoms with Gasteiger partial charge in [-0.15, -0.1) is 0 Å². The number of nitrogens with zero attached hydrogens (tertiary/aromatic N) is 1. The summed E-state index contributed by atoms with van der Waals surface area (Å²) in [5.74, 6) is 0.686. The van der Waals surface area contributed by atoms with Crippen LogP contribution in [0.3, 0.4) is 0 Å². The van der Waals surface area contributed by atoms with Gasteiger partial charge in [0.25, 0.3) is 0 Å². The average Bonchev–Trinajstić information content (AvgIpc) is 3.54. The van der Waals surface area contributed by atoms with Crippen LogP contribution in [-0.2, 0) is 5.41 Å². The Morgan fingerprint density at radius 3 is 1.90 bits per heavy atom. The number of benzene rings is 9. The summed E-state index contributed by atoms with van der Waals surface area (Å²) in [6.07, 6.45) is 6.68. The van der Waals surface area contributed by atoms with Crippen LogP contribution in [0.4, 0.5) is 17.1 Å². The largest absolute Gasteiger partial charge is 0.309 e. The van der Waals surface area contributed by atoms with Gasteiger partial charge in [-0.1, -0.05) is 197 Å². The fourth-order valence-corrected chi connectivity index (χ4v) is 10.4. The highest BCUT2D eigenvalue weighted by Gasteiger charge is 2.36. The predicted molar refractivity (Wildman–Crippen MR) is 256 cm³/mol. The minimum Gasteiger partial charge on any atom is -0.309 e. The normalized spacial score (nSPS) is 14.6. The van der Waals surface area contributed by atoms with E-state index in [4.69, 9.17) is 0 Å². The van der Waals surface area contributed by atoms with E-state index < -0.39 is 0 Å². The molecule has 0 N–H and O–H groups in total. The fourth-order valence-electron chi connectivity index (χ4n) is 10.4. The van der Waals surface area contributed by atoms with Gasteiger partial charge in [-0.05, 0) is 115 Å². The lowest BCUT2D eigenvalue weighted by molar-refractivity contribution is 0.443. The van der Waals surface area contributed by atoms with E-state index in [-0.39, 0.29) is 5.41 Å². The molecule has 0 atom stereocenters. The Labute approximate surface area is 354 Å². The molecular weight excluding hydrogens is 723 g/mol. The van der Waals surface area contributed by atoms with Crippen molar-refractivity contribution in [2.24, 2.45) is 0 Å². The Bertz CT molecular complexity index is 3040. The Morgan fingerprint density at radius 2 is 1.07 bits per heavy atom. The van der Waals surface area contributed by atoms with Crippen LogP contribution in [0.25, 0.3) is 66.1 Å². The molecule has 0 heterocycles. The highest BCUT2D eigenvalue weighted by atomic mass is 15.1. The van der Waals surface area contributed by atoms with E-state index in [0.29, 0.717) is 5.92 Å². The van der Waals surface area contributed by atoms with E-state index in [9.17, 15) is 0 Å². The van der Waals surface area contributed by atoms with Gasteiger partial charge in [-0.2, -0.15) is 0 Å². The lowest BCUT2D eigenvalue weighted by Gasteiger charge is -2.32. The molecule has 2 aliphatic rings. The third kappa shape index (κ3) is 6.23. The van der Waals surface area contributed by atoms with Gasteiger partial charge in [0, 0.05) is 27.6 Å². The van der Waals surface area contributed by atoms with Crippen molar-refractivity contribution in [1.29, 1.82) is 0 Å². The minimum atomic E-state index is -0.149. The summed E-state index contributed by atoms with van der Waals surface area (Å²) in [7, 11) is 0. The quantitative estimate of drug-likeness (QED) is 0.156. The zero-order valence-corrected chi connectivity index (χ0v) is 34.5. The summed E-state index contributed by atoms with van der Waals surface area (Å²) in [5, 5.41) is 4.91. The molecule has 0 aromatic heterocycles. The molecule has 0 amide bonds. The second-order valence-electron chi connectivity index (χ2n) is 17.5.